The van der Waals surface area contributed by atoms with Crippen LogP contribution in [0.15, 0.2) is 54.6 Å². The van der Waals surface area contributed by atoms with Gasteiger partial charge in [0, 0.05) is 18.1 Å². The lowest BCUT2D eigenvalue weighted by atomic mass is 9.96. The minimum Gasteiger partial charge on any atom is -0.633 e. The first kappa shape index (κ1) is 20.8. The Kier molecular flexibility index (Phi) is 7.04. The summed E-state index contributed by atoms with van der Waals surface area (Å²) >= 11 is 6.06. The van der Waals surface area contributed by atoms with Crippen LogP contribution in [0.4, 0.5) is 0 Å². The number of hydrogen-bond donors (Lipinski definition) is 1. The number of piperazine rings is 1. The molecule has 1 fully saturated rings. The number of carbonyl (C=O) groups is 1. The van der Waals surface area contributed by atoms with Gasteiger partial charge in [-0.15, -0.1) is 0 Å². The van der Waals surface area contributed by atoms with Crippen LogP contribution >= 0.6 is 11.6 Å². The van der Waals surface area contributed by atoms with Crippen molar-refractivity contribution in [3.8, 4) is 0 Å². The summed E-state index contributed by atoms with van der Waals surface area (Å²) in [5, 5.41) is 22.2. The first-order valence-electron chi connectivity index (χ1n) is 9.38. The Hall–Kier alpha value is -1.96. The van der Waals surface area contributed by atoms with Crippen LogP contribution in [0, 0.1) is 5.21 Å². The summed E-state index contributed by atoms with van der Waals surface area (Å²) in [6.07, 6.45) is 0. The molecule has 1 aliphatic heterocycles. The van der Waals surface area contributed by atoms with Crippen molar-refractivity contribution in [2.45, 2.75) is 6.04 Å². The molecule has 0 saturated carbocycles. The van der Waals surface area contributed by atoms with Crippen LogP contribution in [-0.4, -0.2) is 66.6 Å². The molecule has 1 saturated heterocycles. The van der Waals surface area contributed by atoms with Gasteiger partial charge < -0.3 is 19.7 Å². The van der Waals surface area contributed by atoms with Crippen molar-refractivity contribution in [1.29, 1.82) is 0 Å². The van der Waals surface area contributed by atoms with Crippen molar-refractivity contribution >= 4 is 17.6 Å². The molecule has 0 spiro atoms. The van der Waals surface area contributed by atoms with Crippen molar-refractivity contribution in [3.63, 3.8) is 0 Å². The van der Waals surface area contributed by atoms with Crippen molar-refractivity contribution < 1.29 is 19.3 Å². The molecule has 0 radical (unpaired) electrons. The van der Waals surface area contributed by atoms with Gasteiger partial charge in [-0.25, -0.2) is 4.79 Å². The minimum atomic E-state index is -1.02. The van der Waals surface area contributed by atoms with Gasteiger partial charge in [0.1, 0.15) is 13.2 Å². The van der Waals surface area contributed by atoms with Crippen LogP contribution in [0.1, 0.15) is 17.2 Å². The maximum Gasteiger partial charge on any atom is 0.329 e. The number of hydroxylamine groups is 3. The summed E-state index contributed by atoms with van der Waals surface area (Å²) < 4.78 is 4.70. The monoisotopic (exact) mass is 404 g/mol. The Labute approximate surface area is 170 Å². The van der Waals surface area contributed by atoms with Gasteiger partial charge in [-0.1, -0.05) is 54.1 Å². The number of benzene rings is 2. The van der Waals surface area contributed by atoms with Gasteiger partial charge in [0.05, 0.1) is 25.7 Å². The van der Waals surface area contributed by atoms with E-state index in [4.69, 9.17) is 21.4 Å². The fourth-order valence-electron chi connectivity index (χ4n) is 3.61. The zero-order valence-electron chi connectivity index (χ0n) is 15.7. The van der Waals surface area contributed by atoms with E-state index >= 15 is 0 Å². The highest BCUT2D eigenvalue weighted by Crippen LogP contribution is 2.31. The Balaban J connectivity index is 1.68. The van der Waals surface area contributed by atoms with Crippen LogP contribution in [-0.2, 0) is 9.53 Å². The molecule has 1 N–H and O–H groups in total. The largest absolute Gasteiger partial charge is 0.633 e. The average molecular weight is 405 g/mol. The number of quaternary nitrogens is 1. The third kappa shape index (κ3) is 5.53. The molecule has 0 unspecified atom stereocenters. The first-order chi connectivity index (χ1) is 13.5. The molecule has 1 aliphatic rings. The summed E-state index contributed by atoms with van der Waals surface area (Å²) in [7, 11) is 0. The number of hydrogen-bond acceptors (Lipinski definition) is 4. The maximum atomic E-state index is 12.9. The number of halogens is 1. The van der Waals surface area contributed by atoms with E-state index in [1.807, 2.05) is 42.5 Å². The van der Waals surface area contributed by atoms with Crippen molar-refractivity contribution in [1.82, 2.24) is 4.90 Å². The minimum absolute atomic E-state index is 0.0653. The summed E-state index contributed by atoms with van der Waals surface area (Å²) in [4.78, 5) is 12.8. The van der Waals surface area contributed by atoms with Crippen LogP contribution in [0.25, 0.3) is 0 Å². The molecule has 7 heteroatoms. The van der Waals surface area contributed by atoms with E-state index in [-0.39, 0.29) is 30.4 Å². The summed E-state index contributed by atoms with van der Waals surface area (Å²) in [6, 6.07) is 18.2. The van der Waals surface area contributed by atoms with Crippen LogP contribution in [0.2, 0.25) is 5.02 Å². The summed E-state index contributed by atoms with van der Waals surface area (Å²) in [6.45, 7) is 2.29. The molecule has 0 amide bonds. The summed E-state index contributed by atoms with van der Waals surface area (Å²) in [5.74, 6) is -1.02. The van der Waals surface area contributed by atoms with E-state index in [0.717, 1.165) is 5.56 Å². The molecule has 0 bridgehead atoms. The fraction of sp³-hybridized carbons (Fsp3) is 0.381. The van der Waals surface area contributed by atoms with Crippen molar-refractivity contribution in [2.75, 3.05) is 45.9 Å². The van der Waals surface area contributed by atoms with Gasteiger partial charge in [-0.3, -0.25) is 4.90 Å². The standard InChI is InChI=1S/C21H25ClN2O4/c22-19-8-6-18(7-9-19)21(17-4-2-1-3-5-17)23-10-12-24(27,13-11-23)14-15-28-16-20(25)26/h1-9,21H,10-16H2,(H,25,26)/t21-/m0/s1. The molecular weight excluding hydrogens is 380 g/mol. The van der Waals surface area contributed by atoms with Gasteiger partial charge in [0.2, 0.25) is 0 Å². The predicted octanol–water partition coefficient (Wildman–Crippen LogP) is 3.16. The van der Waals surface area contributed by atoms with Gasteiger partial charge in [-0.2, -0.15) is 0 Å². The lowest BCUT2D eigenvalue weighted by Gasteiger charge is -2.49. The van der Waals surface area contributed by atoms with Gasteiger partial charge >= 0.3 is 5.97 Å². The van der Waals surface area contributed by atoms with Gasteiger partial charge in [-0.05, 0) is 23.3 Å². The van der Waals surface area contributed by atoms with E-state index < -0.39 is 5.97 Å². The van der Waals surface area contributed by atoms with Crippen LogP contribution in [0.5, 0.6) is 0 Å². The fourth-order valence-corrected chi connectivity index (χ4v) is 3.74. The number of aliphatic carboxylic acids is 1. The second-order valence-corrected chi connectivity index (χ2v) is 7.51. The predicted molar refractivity (Wildman–Crippen MR) is 108 cm³/mol. The molecule has 1 atom stereocenters. The van der Waals surface area contributed by atoms with Crippen molar-refractivity contribution in [3.05, 3.63) is 76.0 Å². The second-order valence-electron chi connectivity index (χ2n) is 7.08. The molecule has 2 aromatic carbocycles. The van der Waals surface area contributed by atoms with Gasteiger partial charge in [0.25, 0.3) is 0 Å². The molecular formula is C21H25ClN2O4. The highest BCUT2D eigenvalue weighted by atomic mass is 35.5. The molecule has 6 nitrogen and oxygen atoms in total. The zero-order chi connectivity index (χ0) is 20.0. The average Bonchev–Trinajstić information content (AvgIpc) is 2.69. The van der Waals surface area contributed by atoms with E-state index in [1.165, 1.54) is 5.56 Å². The molecule has 150 valence electrons. The van der Waals surface area contributed by atoms with E-state index in [0.29, 0.717) is 31.2 Å². The number of carboxylic acids is 1. The lowest BCUT2D eigenvalue weighted by Crippen LogP contribution is -2.57. The normalized spacial score (nSPS) is 17.9. The topological polar surface area (TPSA) is 72.8 Å². The Morgan fingerprint density at radius 2 is 1.71 bits per heavy atom. The van der Waals surface area contributed by atoms with E-state index in [2.05, 4.69) is 17.0 Å². The third-order valence-corrected chi connectivity index (χ3v) is 5.38. The third-order valence-electron chi connectivity index (χ3n) is 5.12. The van der Waals surface area contributed by atoms with Crippen molar-refractivity contribution in [2.24, 2.45) is 0 Å². The highest BCUT2D eigenvalue weighted by Gasteiger charge is 2.31. The SMILES string of the molecule is O=C(O)COCC[N+]1([O-])CCN([C@@H](c2ccccc2)c2ccc(Cl)cc2)CC1. The van der Waals surface area contributed by atoms with E-state index in [9.17, 15) is 10.0 Å². The molecule has 28 heavy (non-hydrogen) atoms. The van der Waals surface area contributed by atoms with Crippen LogP contribution < -0.4 is 0 Å². The Bertz CT molecular complexity index is 762. The zero-order valence-corrected chi connectivity index (χ0v) is 16.4. The number of ether oxygens (including phenoxy) is 1. The second kappa shape index (κ2) is 9.49. The quantitative estimate of drug-likeness (QED) is 0.415. The Morgan fingerprint density at radius 1 is 1.11 bits per heavy atom. The molecule has 1 heterocycles. The molecule has 2 aromatic rings. The number of rotatable bonds is 8. The smallest absolute Gasteiger partial charge is 0.329 e. The maximum absolute atomic E-state index is 12.9. The van der Waals surface area contributed by atoms with Crippen LogP contribution in [0.3, 0.4) is 0 Å². The van der Waals surface area contributed by atoms with E-state index in [1.54, 1.807) is 0 Å². The first-order valence-corrected chi connectivity index (χ1v) is 9.76. The Morgan fingerprint density at radius 3 is 2.32 bits per heavy atom. The molecule has 0 aliphatic carbocycles. The molecule has 0 aromatic heterocycles. The summed E-state index contributed by atoms with van der Waals surface area (Å²) in [5.41, 5.74) is 2.33. The molecule has 3 rings (SSSR count). The van der Waals surface area contributed by atoms with Gasteiger partial charge in [0.15, 0.2) is 0 Å². The highest BCUT2D eigenvalue weighted by molar-refractivity contribution is 6.30. The lowest BCUT2D eigenvalue weighted by molar-refractivity contribution is -0.885. The number of nitrogens with zero attached hydrogens (tertiary/aromatic N) is 2. The number of carboxylic acid groups (broad SMARTS) is 1.